The molecule has 0 bridgehead atoms. The number of nitrogens with zero attached hydrogens (tertiary/aromatic N) is 2. The lowest BCUT2D eigenvalue weighted by molar-refractivity contribution is -0.141. The summed E-state index contributed by atoms with van der Waals surface area (Å²) in [5.74, 6) is -0.625. The van der Waals surface area contributed by atoms with Crippen molar-refractivity contribution in [1.29, 1.82) is 0 Å². The molecule has 2 heterocycles. The second kappa shape index (κ2) is 6.70. The van der Waals surface area contributed by atoms with Crippen LogP contribution in [0.3, 0.4) is 0 Å². The Bertz CT molecular complexity index is 761. The first-order valence-corrected chi connectivity index (χ1v) is 7.75. The molecule has 124 valence electrons. The molecule has 0 saturated carbocycles. The molecule has 1 aliphatic rings. The first kappa shape index (κ1) is 16.0. The van der Waals surface area contributed by atoms with Gasteiger partial charge in [-0.15, -0.1) is 0 Å². The number of rotatable bonds is 4. The fourth-order valence-electron chi connectivity index (χ4n) is 3.00. The maximum atomic E-state index is 12.7. The van der Waals surface area contributed by atoms with Crippen molar-refractivity contribution in [2.24, 2.45) is 0 Å². The third kappa shape index (κ3) is 2.95. The van der Waals surface area contributed by atoms with E-state index in [2.05, 4.69) is 4.98 Å². The average molecular weight is 326 g/mol. The summed E-state index contributed by atoms with van der Waals surface area (Å²) in [6.45, 7) is 0.459. The van der Waals surface area contributed by atoms with Gasteiger partial charge in [0.15, 0.2) is 0 Å². The molecule has 1 fully saturated rings. The molecule has 1 atom stereocenters. The van der Waals surface area contributed by atoms with Gasteiger partial charge in [0.05, 0.1) is 12.8 Å². The van der Waals surface area contributed by atoms with E-state index in [4.69, 9.17) is 4.74 Å². The standard InChI is InChI=1S/C18H18N2O4/c1-24-16-8-7-12(11-13(16)14-5-2-3-9-19-14)17(21)20-10-4-6-15(20)18(22)23/h2-3,5,7-9,11,15H,4,6,10H2,1H3,(H,22,23)/t15-/m1/s1. The fraction of sp³-hybridized carbons (Fsp3) is 0.278. The fourth-order valence-corrected chi connectivity index (χ4v) is 3.00. The van der Waals surface area contributed by atoms with Gasteiger partial charge in [-0.3, -0.25) is 9.78 Å². The summed E-state index contributed by atoms with van der Waals surface area (Å²) in [6, 6.07) is 9.83. The number of carbonyl (C=O) groups is 2. The minimum absolute atomic E-state index is 0.278. The zero-order chi connectivity index (χ0) is 17.1. The summed E-state index contributed by atoms with van der Waals surface area (Å²) in [6.07, 6.45) is 2.86. The number of amides is 1. The molecule has 0 unspecified atom stereocenters. The number of aliphatic carboxylic acids is 1. The van der Waals surface area contributed by atoms with E-state index in [-0.39, 0.29) is 5.91 Å². The van der Waals surface area contributed by atoms with Gasteiger partial charge in [-0.2, -0.15) is 0 Å². The van der Waals surface area contributed by atoms with Crippen LogP contribution in [0.5, 0.6) is 5.75 Å². The molecule has 1 aliphatic heterocycles. The Morgan fingerprint density at radius 1 is 1.29 bits per heavy atom. The van der Waals surface area contributed by atoms with Crippen molar-refractivity contribution in [3.63, 3.8) is 0 Å². The Hall–Kier alpha value is -2.89. The highest BCUT2D eigenvalue weighted by atomic mass is 16.5. The van der Waals surface area contributed by atoms with E-state index in [9.17, 15) is 14.7 Å². The van der Waals surface area contributed by atoms with Gasteiger partial charge in [0.25, 0.3) is 5.91 Å². The maximum Gasteiger partial charge on any atom is 0.326 e. The monoisotopic (exact) mass is 326 g/mol. The van der Waals surface area contributed by atoms with Gasteiger partial charge in [-0.05, 0) is 43.2 Å². The zero-order valence-electron chi connectivity index (χ0n) is 13.3. The smallest absolute Gasteiger partial charge is 0.326 e. The van der Waals surface area contributed by atoms with Crippen molar-refractivity contribution in [1.82, 2.24) is 9.88 Å². The third-order valence-corrected chi connectivity index (χ3v) is 4.19. The first-order chi connectivity index (χ1) is 11.6. The van der Waals surface area contributed by atoms with Gasteiger partial charge in [0.2, 0.25) is 0 Å². The Morgan fingerprint density at radius 2 is 2.12 bits per heavy atom. The Balaban J connectivity index is 1.97. The molecule has 1 N–H and O–H groups in total. The van der Waals surface area contributed by atoms with Crippen molar-refractivity contribution in [3.05, 3.63) is 48.2 Å². The van der Waals surface area contributed by atoms with E-state index < -0.39 is 12.0 Å². The maximum absolute atomic E-state index is 12.7. The minimum Gasteiger partial charge on any atom is -0.496 e. The van der Waals surface area contributed by atoms with E-state index in [1.165, 1.54) is 4.90 Å². The first-order valence-electron chi connectivity index (χ1n) is 7.75. The number of carboxylic acids is 1. The van der Waals surface area contributed by atoms with Gasteiger partial charge in [-0.1, -0.05) is 6.07 Å². The highest BCUT2D eigenvalue weighted by molar-refractivity contribution is 5.98. The number of methoxy groups -OCH3 is 1. The van der Waals surface area contributed by atoms with Crippen LogP contribution in [0.2, 0.25) is 0 Å². The highest BCUT2D eigenvalue weighted by Crippen LogP contribution is 2.30. The van der Waals surface area contributed by atoms with Crippen LogP contribution in [-0.2, 0) is 4.79 Å². The summed E-state index contributed by atoms with van der Waals surface area (Å²) in [5.41, 5.74) is 1.83. The lowest BCUT2D eigenvalue weighted by Gasteiger charge is -2.22. The van der Waals surface area contributed by atoms with E-state index in [1.807, 2.05) is 18.2 Å². The zero-order valence-corrected chi connectivity index (χ0v) is 13.3. The molecular formula is C18H18N2O4. The molecule has 6 heteroatoms. The predicted octanol–water partition coefficient (Wildman–Crippen LogP) is 2.45. The largest absolute Gasteiger partial charge is 0.496 e. The summed E-state index contributed by atoms with van der Waals surface area (Å²) in [5, 5.41) is 9.27. The van der Waals surface area contributed by atoms with Crippen LogP contribution in [0.4, 0.5) is 0 Å². The number of carbonyl (C=O) groups excluding carboxylic acids is 1. The van der Waals surface area contributed by atoms with Crippen molar-refractivity contribution in [3.8, 4) is 17.0 Å². The molecule has 0 spiro atoms. The van der Waals surface area contributed by atoms with Crippen LogP contribution in [-0.4, -0.2) is 46.6 Å². The number of hydrogen-bond donors (Lipinski definition) is 1. The second-order valence-corrected chi connectivity index (χ2v) is 5.62. The van der Waals surface area contributed by atoms with Crippen LogP contribution in [0, 0.1) is 0 Å². The molecule has 3 rings (SSSR count). The molecule has 6 nitrogen and oxygen atoms in total. The number of hydrogen-bond acceptors (Lipinski definition) is 4. The summed E-state index contributed by atoms with van der Waals surface area (Å²) >= 11 is 0. The predicted molar refractivity (Wildman–Crippen MR) is 87.9 cm³/mol. The van der Waals surface area contributed by atoms with Crippen LogP contribution in [0.15, 0.2) is 42.6 Å². The van der Waals surface area contributed by atoms with Gasteiger partial charge in [-0.25, -0.2) is 4.79 Å². The number of aromatic nitrogens is 1. The van der Waals surface area contributed by atoms with E-state index in [1.54, 1.807) is 31.5 Å². The van der Waals surface area contributed by atoms with Crippen molar-refractivity contribution >= 4 is 11.9 Å². The molecule has 24 heavy (non-hydrogen) atoms. The molecule has 1 aromatic carbocycles. The van der Waals surface area contributed by atoms with E-state index >= 15 is 0 Å². The van der Waals surface area contributed by atoms with Gasteiger partial charge < -0.3 is 14.7 Å². The Kier molecular flexibility index (Phi) is 4.46. The van der Waals surface area contributed by atoms with Crippen molar-refractivity contribution in [2.45, 2.75) is 18.9 Å². The summed E-state index contributed by atoms with van der Waals surface area (Å²) in [4.78, 5) is 29.8. The van der Waals surface area contributed by atoms with E-state index in [0.717, 1.165) is 0 Å². The van der Waals surface area contributed by atoms with Gasteiger partial charge in [0.1, 0.15) is 11.8 Å². The number of benzene rings is 1. The lowest BCUT2D eigenvalue weighted by Crippen LogP contribution is -2.40. The lowest BCUT2D eigenvalue weighted by atomic mass is 10.0. The quantitative estimate of drug-likeness (QED) is 0.933. The number of likely N-dealkylation sites (tertiary alicyclic amines) is 1. The molecular weight excluding hydrogens is 308 g/mol. The van der Waals surface area contributed by atoms with Crippen LogP contribution in [0.25, 0.3) is 11.3 Å². The molecule has 1 saturated heterocycles. The molecule has 2 aromatic rings. The second-order valence-electron chi connectivity index (χ2n) is 5.62. The van der Waals surface area contributed by atoms with Crippen molar-refractivity contribution in [2.75, 3.05) is 13.7 Å². The number of pyridine rings is 1. The highest BCUT2D eigenvalue weighted by Gasteiger charge is 2.34. The number of ether oxygens (including phenoxy) is 1. The third-order valence-electron chi connectivity index (χ3n) is 4.19. The Morgan fingerprint density at radius 3 is 2.79 bits per heavy atom. The summed E-state index contributed by atoms with van der Waals surface area (Å²) < 4.78 is 5.36. The molecule has 1 amide bonds. The van der Waals surface area contributed by atoms with Gasteiger partial charge in [0, 0.05) is 23.9 Å². The molecule has 0 aliphatic carbocycles. The number of carboxylic acid groups (broad SMARTS) is 1. The normalized spacial score (nSPS) is 16.9. The topological polar surface area (TPSA) is 79.7 Å². The Labute approximate surface area is 139 Å². The molecule has 1 aromatic heterocycles. The van der Waals surface area contributed by atoms with Crippen molar-refractivity contribution < 1.29 is 19.4 Å². The minimum atomic E-state index is -0.959. The van der Waals surface area contributed by atoms with Crippen LogP contribution in [0.1, 0.15) is 23.2 Å². The summed E-state index contributed by atoms with van der Waals surface area (Å²) in [7, 11) is 1.56. The van der Waals surface area contributed by atoms with E-state index in [0.29, 0.717) is 42.0 Å². The molecule has 0 radical (unpaired) electrons. The average Bonchev–Trinajstić information content (AvgIpc) is 3.11. The van der Waals surface area contributed by atoms with Gasteiger partial charge >= 0.3 is 5.97 Å². The SMILES string of the molecule is COc1ccc(C(=O)N2CCC[C@@H]2C(=O)O)cc1-c1ccccn1. The van der Waals surface area contributed by atoms with Crippen LogP contribution < -0.4 is 4.74 Å². The van der Waals surface area contributed by atoms with Crippen LogP contribution >= 0.6 is 0 Å².